The summed E-state index contributed by atoms with van der Waals surface area (Å²) >= 11 is 0. The summed E-state index contributed by atoms with van der Waals surface area (Å²) in [5.74, 6) is 0.948. The minimum Gasteiger partial charge on any atom is -0.496 e. The van der Waals surface area contributed by atoms with Crippen LogP contribution in [0.5, 0.6) is 5.75 Å². The number of hydrogen-bond donors (Lipinski definition) is 0. The van der Waals surface area contributed by atoms with Gasteiger partial charge in [-0.1, -0.05) is 67.4 Å². The zero-order valence-electron chi connectivity index (χ0n) is 19.1. The minimum absolute atomic E-state index is 0.137. The Hall–Kier alpha value is -2.85. The summed E-state index contributed by atoms with van der Waals surface area (Å²) in [5, 5.41) is 1.96. The van der Waals surface area contributed by atoms with Crippen molar-refractivity contribution in [3.8, 4) is 5.75 Å². The van der Waals surface area contributed by atoms with E-state index in [2.05, 4.69) is 40.1 Å². The zero-order chi connectivity index (χ0) is 22.2. The van der Waals surface area contributed by atoms with Crippen molar-refractivity contribution in [1.29, 1.82) is 0 Å². The molecule has 0 saturated carbocycles. The molecule has 1 aliphatic heterocycles. The number of rotatable bonds is 4. The van der Waals surface area contributed by atoms with Crippen molar-refractivity contribution in [2.75, 3.05) is 33.3 Å². The Morgan fingerprint density at radius 1 is 0.750 bits per heavy atom. The van der Waals surface area contributed by atoms with Gasteiger partial charge in [-0.2, -0.15) is 0 Å². The molecular formula is C28H34N2O2. The number of carbonyl (C=O) groups is 1. The fourth-order valence-corrected chi connectivity index (χ4v) is 4.71. The van der Waals surface area contributed by atoms with Crippen molar-refractivity contribution in [2.45, 2.75) is 38.6 Å². The topological polar surface area (TPSA) is 32.8 Å². The van der Waals surface area contributed by atoms with Gasteiger partial charge < -0.3 is 9.64 Å². The van der Waals surface area contributed by atoms with Crippen LogP contribution >= 0.6 is 0 Å². The Bertz CT molecular complexity index is 1020. The van der Waals surface area contributed by atoms with Crippen molar-refractivity contribution in [2.24, 2.45) is 0 Å². The molecule has 0 N–H and O–H groups in total. The number of fused-ring (bicyclic) bond motifs is 1. The molecule has 4 heteroatoms. The van der Waals surface area contributed by atoms with E-state index < -0.39 is 0 Å². The summed E-state index contributed by atoms with van der Waals surface area (Å²) in [6.07, 6.45) is 5.68. The van der Waals surface area contributed by atoms with Crippen LogP contribution in [0.1, 0.15) is 48.0 Å². The summed E-state index contributed by atoms with van der Waals surface area (Å²) in [5.41, 5.74) is 2.14. The molecule has 0 unspecified atom stereocenters. The highest BCUT2D eigenvalue weighted by atomic mass is 16.5. The number of ether oxygens (including phenoxy) is 1. The second-order valence-electron chi connectivity index (χ2n) is 8.68. The lowest BCUT2D eigenvalue weighted by atomic mass is 10.0. The monoisotopic (exact) mass is 430 g/mol. The van der Waals surface area contributed by atoms with E-state index in [1.807, 2.05) is 36.4 Å². The molecule has 0 bridgehead atoms. The predicted molar refractivity (Wildman–Crippen MR) is 131 cm³/mol. The molecule has 1 fully saturated rings. The molecular weight excluding hydrogens is 396 g/mol. The first-order chi connectivity index (χ1) is 15.8. The maximum atomic E-state index is 13.6. The summed E-state index contributed by atoms with van der Waals surface area (Å²) in [6.45, 7) is 4.76. The van der Waals surface area contributed by atoms with E-state index in [0.717, 1.165) is 67.7 Å². The fourth-order valence-electron chi connectivity index (χ4n) is 4.71. The molecule has 3 aromatic rings. The normalized spacial score (nSPS) is 16.5. The molecule has 1 saturated heterocycles. The highest BCUT2D eigenvalue weighted by molar-refractivity contribution is 6.08. The third-order valence-corrected chi connectivity index (χ3v) is 6.43. The van der Waals surface area contributed by atoms with Gasteiger partial charge in [0.05, 0.1) is 7.11 Å². The molecule has 4 rings (SSSR count). The minimum atomic E-state index is 0.137. The average molecular weight is 431 g/mol. The maximum Gasteiger partial charge on any atom is 0.254 e. The van der Waals surface area contributed by atoms with Crippen LogP contribution in [0.4, 0.5) is 0 Å². The summed E-state index contributed by atoms with van der Waals surface area (Å²) in [4.78, 5) is 18.2. The molecule has 32 heavy (non-hydrogen) atoms. The number of methoxy groups -OCH3 is 1. The third kappa shape index (κ3) is 5.49. The summed E-state index contributed by atoms with van der Waals surface area (Å²) in [6, 6.07) is 22.6. The molecule has 3 aromatic carbocycles. The van der Waals surface area contributed by atoms with E-state index in [-0.39, 0.29) is 5.91 Å². The maximum absolute atomic E-state index is 13.6. The van der Waals surface area contributed by atoms with Gasteiger partial charge in [-0.15, -0.1) is 0 Å². The van der Waals surface area contributed by atoms with E-state index in [9.17, 15) is 4.79 Å². The van der Waals surface area contributed by atoms with Gasteiger partial charge in [0.2, 0.25) is 0 Å². The summed E-state index contributed by atoms with van der Waals surface area (Å²) in [7, 11) is 1.68. The van der Waals surface area contributed by atoms with E-state index in [1.165, 1.54) is 24.8 Å². The first-order valence-corrected chi connectivity index (χ1v) is 11.9. The molecule has 4 nitrogen and oxygen atoms in total. The van der Waals surface area contributed by atoms with Crippen molar-refractivity contribution in [1.82, 2.24) is 9.80 Å². The molecule has 0 atom stereocenters. The lowest BCUT2D eigenvalue weighted by molar-refractivity contribution is 0.0748. The largest absolute Gasteiger partial charge is 0.496 e. The average Bonchev–Trinajstić information content (AvgIpc) is 2.89. The van der Waals surface area contributed by atoms with Crippen LogP contribution in [0.15, 0.2) is 66.7 Å². The summed E-state index contributed by atoms with van der Waals surface area (Å²) < 4.78 is 5.52. The standard InChI is InChI=1S/C28H34N2O2/c1-32-27-17-16-26(24-14-7-8-15-25(24)27)28(31)30-20-10-3-2-9-18-29(19-11-21-30)22-23-12-5-4-6-13-23/h4-8,12-17H,2-3,9-11,18-22H2,1H3. The lowest BCUT2D eigenvalue weighted by Gasteiger charge is -2.26. The predicted octanol–water partition coefficient (Wildman–Crippen LogP) is 5.76. The van der Waals surface area contributed by atoms with Crippen LogP contribution in [-0.2, 0) is 6.54 Å². The zero-order valence-corrected chi connectivity index (χ0v) is 19.1. The number of hydrogen-bond acceptors (Lipinski definition) is 3. The number of carbonyl (C=O) groups excluding carboxylic acids is 1. The third-order valence-electron chi connectivity index (χ3n) is 6.43. The number of benzene rings is 3. The Balaban J connectivity index is 1.49. The first-order valence-electron chi connectivity index (χ1n) is 11.9. The van der Waals surface area contributed by atoms with Gasteiger partial charge in [0, 0.05) is 37.1 Å². The van der Waals surface area contributed by atoms with Gasteiger partial charge in [-0.3, -0.25) is 9.69 Å². The van der Waals surface area contributed by atoms with Crippen molar-refractivity contribution in [3.63, 3.8) is 0 Å². The Morgan fingerprint density at radius 3 is 2.19 bits per heavy atom. The first kappa shape index (κ1) is 22.3. The Morgan fingerprint density at radius 2 is 1.41 bits per heavy atom. The van der Waals surface area contributed by atoms with Crippen LogP contribution in [0, 0.1) is 0 Å². The number of amides is 1. The van der Waals surface area contributed by atoms with Gasteiger partial charge >= 0.3 is 0 Å². The highest BCUT2D eigenvalue weighted by Crippen LogP contribution is 2.29. The van der Waals surface area contributed by atoms with E-state index in [0.29, 0.717) is 0 Å². The van der Waals surface area contributed by atoms with Crippen molar-refractivity contribution in [3.05, 3.63) is 77.9 Å². The van der Waals surface area contributed by atoms with Crippen LogP contribution in [-0.4, -0.2) is 49.0 Å². The molecule has 0 radical (unpaired) electrons. The quantitative estimate of drug-likeness (QED) is 0.528. The SMILES string of the molecule is COc1ccc(C(=O)N2CCCCCCN(Cc3ccccc3)CCC2)c2ccccc12. The van der Waals surface area contributed by atoms with E-state index >= 15 is 0 Å². The molecule has 1 heterocycles. The van der Waals surface area contributed by atoms with Gasteiger partial charge in [-0.05, 0) is 48.9 Å². The molecule has 1 amide bonds. The Kier molecular flexibility index (Phi) is 7.78. The van der Waals surface area contributed by atoms with Crippen LogP contribution in [0.2, 0.25) is 0 Å². The molecule has 0 aromatic heterocycles. The second kappa shape index (κ2) is 11.1. The fraction of sp³-hybridized carbons (Fsp3) is 0.393. The van der Waals surface area contributed by atoms with Crippen LogP contribution < -0.4 is 4.74 Å². The van der Waals surface area contributed by atoms with Crippen molar-refractivity contribution >= 4 is 16.7 Å². The van der Waals surface area contributed by atoms with Crippen molar-refractivity contribution < 1.29 is 9.53 Å². The molecule has 0 spiro atoms. The van der Waals surface area contributed by atoms with Gasteiger partial charge in [-0.25, -0.2) is 0 Å². The lowest BCUT2D eigenvalue weighted by Crippen LogP contribution is -2.35. The van der Waals surface area contributed by atoms with E-state index in [1.54, 1.807) is 7.11 Å². The smallest absolute Gasteiger partial charge is 0.254 e. The van der Waals surface area contributed by atoms with Crippen LogP contribution in [0.25, 0.3) is 10.8 Å². The van der Waals surface area contributed by atoms with Gasteiger partial charge in [0.1, 0.15) is 5.75 Å². The molecule has 168 valence electrons. The number of nitrogens with zero attached hydrogens (tertiary/aromatic N) is 2. The van der Waals surface area contributed by atoms with Gasteiger partial charge in [0.25, 0.3) is 5.91 Å². The molecule has 0 aliphatic carbocycles. The Labute approximate surface area is 191 Å². The highest BCUT2D eigenvalue weighted by Gasteiger charge is 2.20. The second-order valence-corrected chi connectivity index (χ2v) is 8.68. The molecule has 1 aliphatic rings. The van der Waals surface area contributed by atoms with E-state index in [4.69, 9.17) is 4.74 Å². The van der Waals surface area contributed by atoms with Crippen LogP contribution in [0.3, 0.4) is 0 Å². The van der Waals surface area contributed by atoms with Gasteiger partial charge in [0.15, 0.2) is 0 Å².